The number of carbonyl (C=O) groups is 1. The Balaban J connectivity index is 2.61. The summed E-state index contributed by atoms with van der Waals surface area (Å²) in [4.78, 5) is 12.0. The molecule has 1 aromatic rings. The van der Waals surface area contributed by atoms with Crippen molar-refractivity contribution in [1.82, 2.24) is 25.6 Å². The number of hydrogen-bond acceptors (Lipinski definition) is 4. The van der Waals surface area contributed by atoms with Crippen LogP contribution < -0.4 is 10.6 Å². The van der Waals surface area contributed by atoms with E-state index in [2.05, 4.69) is 34.8 Å². The summed E-state index contributed by atoms with van der Waals surface area (Å²) in [6, 6.07) is -0.0936. The standard InChI is InChI=1S/C12H23N5O/c1-5-10(6-2)14-12(18)9(3)17-8-11(7-13-4)15-16-17/h8-10,13H,5-7H2,1-4H3,(H,14,18). The van der Waals surface area contributed by atoms with E-state index in [9.17, 15) is 4.79 Å². The normalized spacial score (nSPS) is 12.7. The molecular formula is C12H23N5O. The number of amides is 1. The number of aromatic nitrogens is 3. The van der Waals surface area contributed by atoms with Gasteiger partial charge in [0, 0.05) is 12.6 Å². The molecular weight excluding hydrogens is 230 g/mol. The van der Waals surface area contributed by atoms with E-state index in [1.54, 1.807) is 10.9 Å². The first-order valence-electron chi connectivity index (χ1n) is 6.48. The summed E-state index contributed by atoms with van der Waals surface area (Å²) in [6.45, 7) is 6.62. The molecule has 0 aliphatic heterocycles. The highest BCUT2D eigenvalue weighted by Crippen LogP contribution is 2.06. The average Bonchev–Trinajstić information content (AvgIpc) is 2.83. The molecule has 0 fully saturated rings. The molecule has 1 unspecified atom stereocenters. The van der Waals surface area contributed by atoms with Crippen molar-refractivity contribution in [2.75, 3.05) is 7.05 Å². The van der Waals surface area contributed by atoms with Crippen LogP contribution in [0.25, 0.3) is 0 Å². The minimum absolute atomic E-state index is 0.00962. The monoisotopic (exact) mass is 253 g/mol. The van der Waals surface area contributed by atoms with Crippen LogP contribution >= 0.6 is 0 Å². The van der Waals surface area contributed by atoms with Gasteiger partial charge >= 0.3 is 0 Å². The first-order chi connectivity index (χ1) is 8.62. The van der Waals surface area contributed by atoms with Crippen molar-refractivity contribution in [2.24, 2.45) is 0 Å². The van der Waals surface area contributed by atoms with Gasteiger partial charge in [-0.2, -0.15) is 0 Å². The lowest BCUT2D eigenvalue weighted by atomic mass is 10.1. The van der Waals surface area contributed by atoms with Crippen LogP contribution in [-0.2, 0) is 11.3 Å². The first kappa shape index (κ1) is 14.6. The molecule has 0 bridgehead atoms. The topological polar surface area (TPSA) is 71.8 Å². The minimum atomic E-state index is -0.330. The fourth-order valence-corrected chi connectivity index (χ4v) is 1.70. The average molecular weight is 253 g/mol. The van der Waals surface area contributed by atoms with Crippen LogP contribution in [0.1, 0.15) is 45.3 Å². The first-order valence-corrected chi connectivity index (χ1v) is 6.48. The zero-order valence-electron chi connectivity index (χ0n) is 11.6. The third kappa shape index (κ3) is 3.80. The van der Waals surface area contributed by atoms with Crippen molar-refractivity contribution in [3.05, 3.63) is 11.9 Å². The molecule has 6 nitrogen and oxygen atoms in total. The van der Waals surface area contributed by atoms with E-state index in [4.69, 9.17) is 0 Å². The Morgan fingerprint density at radius 2 is 2.11 bits per heavy atom. The lowest BCUT2D eigenvalue weighted by Crippen LogP contribution is -2.38. The van der Waals surface area contributed by atoms with E-state index >= 15 is 0 Å². The van der Waals surface area contributed by atoms with Gasteiger partial charge in [-0.05, 0) is 26.8 Å². The van der Waals surface area contributed by atoms with E-state index in [1.165, 1.54) is 0 Å². The summed E-state index contributed by atoms with van der Waals surface area (Å²) in [5, 5.41) is 14.0. The van der Waals surface area contributed by atoms with Gasteiger partial charge in [-0.15, -0.1) is 5.10 Å². The molecule has 18 heavy (non-hydrogen) atoms. The third-order valence-corrected chi connectivity index (χ3v) is 3.02. The van der Waals surface area contributed by atoms with Crippen LogP contribution in [0.2, 0.25) is 0 Å². The third-order valence-electron chi connectivity index (χ3n) is 3.02. The Hall–Kier alpha value is -1.43. The van der Waals surface area contributed by atoms with Gasteiger partial charge in [0.05, 0.1) is 11.9 Å². The summed E-state index contributed by atoms with van der Waals surface area (Å²) in [5.41, 5.74) is 0.833. The number of hydrogen-bond donors (Lipinski definition) is 2. The molecule has 1 aromatic heterocycles. The Kier molecular flexibility index (Phi) is 5.77. The number of nitrogens with zero attached hydrogens (tertiary/aromatic N) is 3. The maximum atomic E-state index is 12.0. The van der Waals surface area contributed by atoms with Crippen LogP contribution in [0, 0.1) is 0 Å². The van der Waals surface area contributed by atoms with E-state index in [-0.39, 0.29) is 18.0 Å². The quantitative estimate of drug-likeness (QED) is 0.756. The molecule has 0 radical (unpaired) electrons. The Morgan fingerprint density at radius 3 is 2.67 bits per heavy atom. The van der Waals surface area contributed by atoms with Crippen molar-refractivity contribution < 1.29 is 4.79 Å². The van der Waals surface area contributed by atoms with Gasteiger partial charge in [0.1, 0.15) is 6.04 Å². The van der Waals surface area contributed by atoms with E-state index < -0.39 is 0 Å². The second-order valence-corrected chi connectivity index (χ2v) is 4.42. The molecule has 0 saturated heterocycles. The molecule has 0 aromatic carbocycles. The van der Waals surface area contributed by atoms with E-state index in [0.717, 1.165) is 18.5 Å². The lowest BCUT2D eigenvalue weighted by Gasteiger charge is -2.18. The molecule has 6 heteroatoms. The molecule has 1 heterocycles. The number of nitrogens with one attached hydrogen (secondary N) is 2. The Morgan fingerprint density at radius 1 is 1.44 bits per heavy atom. The fourth-order valence-electron chi connectivity index (χ4n) is 1.70. The van der Waals surface area contributed by atoms with Crippen molar-refractivity contribution >= 4 is 5.91 Å². The molecule has 0 aliphatic rings. The fraction of sp³-hybridized carbons (Fsp3) is 0.750. The van der Waals surface area contributed by atoms with Crippen LogP contribution in [0.3, 0.4) is 0 Å². The zero-order valence-corrected chi connectivity index (χ0v) is 11.6. The Labute approximate surface area is 108 Å². The van der Waals surface area contributed by atoms with Crippen LogP contribution in [0.5, 0.6) is 0 Å². The molecule has 0 spiro atoms. The second kappa shape index (κ2) is 7.10. The Bertz CT molecular complexity index is 372. The summed E-state index contributed by atoms with van der Waals surface area (Å²) < 4.78 is 1.60. The largest absolute Gasteiger partial charge is 0.352 e. The van der Waals surface area contributed by atoms with Crippen molar-refractivity contribution in [3.8, 4) is 0 Å². The van der Waals surface area contributed by atoms with Crippen LogP contribution in [-0.4, -0.2) is 34.0 Å². The predicted octanol–water partition coefficient (Wildman–Crippen LogP) is 0.863. The van der Waals surface area contributed by atoms with Gasteiger partial charge < -0.3 is 10.6 Å². The molecule has 0 saturated carbocycles. The highest BCUT2D eigenvalue weighted by Gasteiger charge is 2.18. The summed E-state index contributed by atoms with van der Waals surface area (Å²) in [6.07, 6.45) is 3.68. The summed E-state index contributed by atoms with van der Waals surface area (Å²) in [7, 11) is 1.85. The predicted molar refractivity (Wildman–Crippen MR) is 70.0 cm³/mol. The summed E-state index contributed by atoms with van der Waals surface area (Å²) >= 11 is 0. The minimum Gasteiger partial charge on any atom is -0.352 e. The molecule has 1 rings (SSSR count). The van der Waals surface area contributed by atoms with Gasteiger partial charge in [0.15, 0.2) is 0 Å². The highest BCUT2D eigenvalue weighted by atomic mass is 16.2. The molecule has 1 atom stereocenters. The molecule has 2 N–H and O–H groups in total. The van der Waals surface area contributed by atoms with Crippen molar-refractivity contribution in [2.45, 2.75) is 52.2 Å². The van der Waals surface area contributed by atoms with Crippen molar-refractivity contribution in [3.63, 3.8) is 0 Å². The van der Waals surface area contributed by atoms with Gasteiger partial charge in [-0.1, -0.05) is 19.1 Å². The van der Waals surface area contributed by atoms with Crippen molar-refractivity contribution in [1.29, 1.82) is 0 Å². The van der Waals surface area contributed by atoms with E-state index in [0.29, 0.717) is 6.54 Å². The lowest BCUT2D eigenvalue weighted by molar-refractivity contribution is -0.124. The van der Waals surface area contributed by atoms with Gasteiger partial charge in [0.2, 0.25) is 5.91 Å². The SMILES string of the molecule is CCC(CC)NC(=O)C(C)n1cc(CNC)nn1. The second-order valence-electron chi connectivity index (χ2n) is 4.42. The smallest absolute Gasteiger partial charge is 0.244 e. The maximum absolute atomic E-state index is 12.0. The molecule has 1 amide bonds. The highest BCUT2D eigenvalue weighted by molar-refractivity contribution is 5.80. The van der Waals surface area contributed by atoms with Gasteiger partial charge in [-0.3, -0.25) is 4.79 Å². The zero-order chi connectivity index (χ0) is 13.5. The van der Waals surface area contributed by atoms with Gasteiger partial charge in [-0.25, -0.2) is 4.68 Å². The van der Waals surface area contributed by atoms with Crippen LogP contribution in [0.4, 0.5) is 0 Å². The number of carbonyl (C=O) groups excluding carboxylic acids is 1. The number of rotatable bonds is 7. The molecule has 102 valence electrons. The maximum Gasteiger partial charge on any atom is 0.244 e. The summed E-state index contributed by atoms with van der Waals surface area (Å²) in [5.74, 6) is -0.00962. The van der Waals surface area contributed by atoms with Crippen LogP contribution in [0.15, 0.2) is 6.20 Å². The van der Waals surface area contributed by atoms with Gasteiger partial charge in [0.25, 0.3) is 0 Å². The van der Waals surface area contributed by atoms with E-state index in [1.807, 2.05) is 14.0 Å². The molecule has 0 aliphatic carbocycles.